The van der Waals surface area contributed by atoms with Gasteiger partial charge in [-0.2, -0.15) is 0 Å². The van der Waals surface area contributed by atoms with Gasteiger partial charge in [-0.15, -0.1) is 0 Å². The SMILES string of the molecule is CCOCc1ccccc1CNCC(=O)NC1CCCC1. The summed E-state index contributed by atoms with van der Waals surface area (Å²) >= 11 is 0. The van der Waals surface area contributed by atoms with Gasteiger partial charge >= 0.3 is 0 Å². The van der Waals surface area contributed by atoms with Crippen molar-refractivity contribution in [2.45, 2.75) is 51.8 Å². The lowest BCUT2D eigenvalue weighted by Gasteiger charge is -2.13. The predicted molar refractivity (Wildman–Crippen MR) is 83.9 cm³/mol. The third-order valence-electron chi connectivity index (χ3n) is 3.90. The Morgan fingerprint density at radius 2 is 1.95 bits per heavy atom. The molecule has 1 amide bonds. The normalized spacial score (nSPS) is 15.3. The number of carbonyl (C=O) groups is 1. The van der Waals surface area contributed by atoms with Crippen LogP contribution in [0.1, 0.15) is 43.7 Å². The van der Waals surface area contributed by atoms with Crippen LogP contribution < -0.4 is 10.6 Å². The van der Waals surface area contributed by atoms with Crippen LogP contribution in [-0.4, -0.2) is 25.1 Å². The number of rotatable bonds is 8. The van der Waals surface area contributed by atoms with Gasteiger partial charge in [0.2, 0.25) is 5.91 Å². The van der Waals surface area contributed by atoms with Crippen LogP contribution >= 0.6 is 0 Å². The molecule has 4 nitrogen and oxygen atoms in total. The Hall–Kier alpha value is -1.39. The van der Waals surface area contributed by atoms with Gasteiger partial charge in [-0.05, 0) is 30.9 Å². The number of ether oxygens (including phenoxy) is 1. The molecule has 1 aliphatic carbocycles. The smallest absolute Gasteiger partial charge is 0.234 e. The highest BCUT2D eigenvalue weighted by atomic mass is 16.5. The Balaban J connectivity index is 1.73. The van der Waals surface area contributed by atoms with E-state index in [4.69, 9.17) is 4.74 Å². The molecule has 1 aromatic carbocycles. The maximum absolute atomic E-state index is 11.8. The third-order valence-corrected chi connectivity index (χ3v) is 3.90. The van der Waals surface area contributed by atoms with Crippen LogP contribution in [0.4, 0.5) is 0 Å². The number of nitrogens with one attached hydrogen (secondary N) is 2. The molecule has 1 saturated carbocycles. The molecule has 0 spiro atoms. The second kappa shape index (κ2) is 8.80. The first kappa shape index (κ1) is 16.0. The molecule has 0 aromatic heterocycles. The number of benzene rings is 1. The van der Waals surface area contributed by atoms with Gasteiger partial charge in [0, 0.05) is 19.2 Å². The molecule has 1 aromatic rings. The van der Waals surface area contributed by atoms with E-state index in [9.17, 15) is 4.79 Å². The van der Waals surface area contributed by atoms with Crippen molar-refractivity contribution in [2.75, 3.05) is 13.2 Å². The van der Waals surface area contributed by atoms with Crippen molar-refractivity contribution in [2.24, 2.45) is 0 Å². The van der Waals surface area contributed by atoms with E-state index < -0.39 is 0 Å². The minimum absolute atomic E-state index is 0.101. The van der Waals surface area contributed by atoms with Gasteiger partial charge < -0.3 is 15.4 Å². The Labute approximate surface area is 127 Å². The molecule has 0 heterocycles. The lowest BCUT2D eigenvalue weighted by Crippen LogP contribution is -2.39. The fraction of sp³-hybridized carbons (Fsp3) is 0.588. The summed E-state index contributed by atoms with van der Waals surface area (Å²) in [4.78, 5) is 11.8. The highest BCUT2D eigenvalue weighted by Gasteiger charge is 2.16. The van der Waals surface area contributed by atoms with Crippen molar-refractivity contribution >= 4 is 5.91 Å². The van der Waals surface area contributed by atoms with Gasteiger partial charge in [0.25, 0.3) is 0 Å². The van der Waals surface area contributed by atoms with E-state index in [1.54, 1.807) is 0 Å². The molecule has 0 bridgehead atoms. The Morgan fingerprint density at radius 3 is 2.67 bits per heavy atom. The Kier molecular flexibility index (Phi) is 6.70. The molecule has 116 valence electrons. The summed E-state index contributed by atoms with van der Waals surface area (Å²) in [6.45, 7) is 4.41. The minimum Gasteiger partial charge on any atom is -0.377 e. The van der Waals surface area contributed by atoms with Crippen molar-refractivity contribution in [3.63, 3.8) is 0 Å². The van der Waals surface area contributed by atoms with E-state index in [1.807, 2.05) is 19.1 Å². The van der Waals surface area contributed by atoms with Crippen LogP contribution in [0.5, 0.6) is 0 Å². The number of amides is 1. The average molecular weight is 290 g/mol. The maximum atomic E-state index is 11.8. The second-order valence-electron chi connectivity index (χ2n) is 5.56. The fourth-order valence-corrected chi connectivity index (χ4v) is 2.74. The number of hydrogen-bond donors (Lipinski definition) is 2. The number of carbonyl (C=O) groups excluding carboxylic acids is 1. The standard InChI is InChI=1S/C17H26N2O2/c1-2-21-13-15-8-4-3-7-14(15)11-18-12-17(20)19-16-9-5-6-10-16/h3-4,7-8,16,18H,2,5-6,9-13H2,1H3,(H,19,20). The van der Waals surface area contributed by atoms with Crippen LogP contribution in [0.15, 0.2) is 24.3 Å². The van der Waals surface area contributed by atoms with E-state index in [1.165, 1.54) is 24.0 Å². The van der Waals surface area contributed by atoms with Gasteiger partial charge in [-0.25, -0.2) is 0 Å². The van der Waals surface area contributed by atoms with Crippen molar-refractivity contribution in [3.05, 3.63) is 35.4 Å². The molecule has 0 atom stereocenters. The quantitative estimate of drug-likeness (QED) is 0.773. The molecule has 2 rings (SSSR count). The van der Waals surface area contributed by atoms with Crippen LogP contribution in [0, 0.1) is 0 Å². The van der Waals surface area contributed by atoms with E-state index in [2.05, 4.69) is 22.8 Å². The Morgan fingerprint density at radius 1 is 1.24 bits per heavy atom. The molecular weight excluding hydrogens is 264 g/mol. The highest BCUT2D eigenvalue weighted by molar-refractivity contribution is 5.78. The third kappa shape index (κ3) is 5.48. The van der Waals surface area contributed by atoms with Crippen molar-refractivity contribution in [1.82, 2.24) is 10.6 Å². The zero-order chi connectivity index (χ0) is 14.9. The van der Waals surface area contributed by atoms with Gasteiger partial charge in [-0.1, -0.05) is 37.1 Å². The summed E-state index contributed by atoms with van der Waals surface area (Å²) in [5.41, 5.74) is 2.38. The summed E-state index contributed by atoms with van der Waals surface area (Å²) in [7, 11) is 0. The lowest BCUT2D eigenvalue weighted by molar-refractivity contribution is -0.120. The minimum atomic E-state index is 0.101. The molecule has 0 radical (unpaired) electrons. The van der Waals surface area contributed by atoms with Crippen LogP contribution in [0.2, 0.25) is 0 Å². The van der Waals surface area contributed by atoms with Gasteiger partial charge in [0.15, 0.2) is 0 Å². The van der Waals surface area contributed by atoms with E-state index >= 15 is 0 Å². The molecule has 4 heteroatoms. The zero-order valence-corrected chi connectivity index (χ0v) is 12.9. The van der Waals surface area contributed by atoms with Crippen molar-refractivity contribution in [1.29, 1.82) is 0 Å². The first-order valence-electron chi connectivity index (χ1n) is 7.94. The van der Waals surface area contributed by atoms with E-state index in [0.717, 1.165) is 12.8 Å². The van der Waals surface area contributed by atoms with Crippen LogP contribution in [0.3, 0.4) is 0 Å². The maximum Gasteiger partial charge on any atom is 0.234 e. The molecule has 0 unspecified atom stereocenters. The summed E-state index contributed by atoms with van der Waals surface area (Å²) in [6.07, 6.45) is 4.73. The average Bonchev–Trinajstić information content (AvgIpc) is 2.99. The first-order chi connectivity index (χ1) is 10.3. The molecule has 0 saturated heterocycles. The first-order valence-corrected chi connectivity index (χ1v) is 7.94. The van der Waals surface area contributed by atoms with Gasteiger partial charge in [0.1, 0.15) is 0 Å². The summed E-state index contributed by atoms with van der Waals surface area (Å²) in [6, 6.07) is 8.58. The van der Waals surface area contributed by atoms with Crippen LogP contribution in [-0.2, 0) is 22.7 Å². The summed E-state index contributed by atoms with van der Waals surface area (Å²) in [5, 5.41) is 6.31. The van der Waals surface area contributed by atoms with E-state index in [0.29, 0.717) is 32.3 Å². The highest BCUT2D eigenvalue weighted by Crippen LogP contribution is 2.17. The molecule has 21 heavy (non-hydrogen) atoms. The van der Waals surface area contributed by atoms with Gasteiger partial charge in [-0.3, -0.25) is 4.79 Å². The molecule has 0 aliphatic heterocycles. The summed E-state index contributed by atoms with van der Waals surface area (Å²) < 4.78 is 5.47. The Bertz CT molecular complexity index is 442. The monoisotopic (exact) mass is 290 g/mol. The van der Waals surface area contributed by atoms with Crippen LogP contribution in [0.25, 0.3) is 0 Å². The zero-order valence-electron chi connectivity index (χ0n) is 12.9. The lowest BCUT2D eigenvalue weighted by atomic mass is 10.1. The number of hydrogen-bond acceptors (Lipinski definition) is 3. The fourth-order valence-electron chi connectivity index (χ4n) is 2.74. The molecule has 1 fully saturated rings. The molecule has 2 N–H and O–H groups in total. The van der Waals surface area contributed by atoms with Crippen molar-refractivity contribution < 1.29 is 9.53 Å². The van der Waals surface area contributed by atoms with Gasteiger partial charge in [0.05, 0.1) is 13.2 Å². The summed E-state index contributed by atoms with van der Waals surface area (Å²) in [5.74, 6) is 0.101. The largest absolute Gasteiger partial charge is 0.377 e. The molecule has 1 aliphatic rings. The van der Waals surface area contributed by atoms with Crippen molar-refractivity contribution in [3.8, 4) is 0 Å². The second-order valence-corrected chi connectivity index (χ2v) is 5.56. The van der Waals surface area contributed by atoms with E-state index in [-0.39, 0.29) is 5.91 Å². The predicted octanol–water partition coefficient (Wildman–Crippen LogP) is 2.37. The topological polar surface area (TPSA) is 50.4 Å². The molecular formula is C17H26N2O2.